The lowest BCUT2D eigenvalue weighted by Crippen LogP contribution is -2.24. The summed E-state index contributed by atoms with van der Waals surface area (Å²) in [7, 11) is 0. The van der Waals surface area contributed by atoms with E-state index in [1.807, 2.05) is 29.6 Å². The highest BCUT2D eigenvalue weighted by atomic mass is 79.9. The van der Waals surface area contributed by atoms with Gasteiger partial charge in [0.15, 0.2) is 11.5 Å². The van der Waals surface area contributed by atoms with Crippen LogP contribution in [0.3, 0.4) is 0 Å². The third-order valence-electron chi connectivity index (χ3n) is 3.39. The standard InChI is InChI=1S/C14H11BrN4O3S/c15-10-7-12-11(21-3-4-22-12)6-9(10)8-18-14(20)19(17-16-18)13-2-1-5-23-13/h1-2,5-7H,3-4,8H2. The van der Waals surface area contributed by atoms with E-state index in [9.17, 15) is 4.79 Å². The van der Waals surface area contributed by atoms with Gasteiger partial charge in [0, 0.05) is 4.47 Å². The van der Waals surface area contributed by atoms with Gasteiger partial charge < -0.3 is 9.47 Å². The molecule has 0 saturated carbocycles. The number of benzene rings is 1. The third-order valence-corrected chi connectivity index (χ3v) is 4.97. The third kappa shape index (κ3) is 2.66. The summed E-state index contributed by atoms with van der Waals surface area (Å²) in [6.45, 7) is 1.34. The van der Waals surface area contributed by atoms with Gasteiger partial charge in [0.05, 0.1) is 6.54 Å². The van der Waals surface area contributed by atoms with Crippen LogP contribution in [0.25, 0.3) is 5.00 Å². The van der Waals surface area contributed by atoms with Gasteiger partial charge >= 0.3 is 5.69 Å². The van der Waals surface area contributed by atoms with E-state index in [4.69, 9.17) is 9.47 Å². The van der Waals surface area contributed by atoms with Crippen LogP contribution in [0.4, 0.5) is 0 Å². The Morgan fingerprint density at radius 2 is 2.00 bits per heavy atom. The zero-order chi connectivity index (χ0) is 15.8. The Hall–Kier alpha value is -2.13. The number of nitrogens with zero attached hydrogens (tertiary/aromatic N) is 4. The molecule has 0 bridgehead atoms. The van der Waals surface area contributed by atoms with Crippen LogP contribution in [0.15, 0.2) is 38.9 Å². The minimum absolute atomic E-state index is 0.283. The molecule has 0 radical (unpaired) electrons. The zero-order valence-corrected chi connectivity index (χ0v) is 14.2. The van der Waals surface area contributed by atoms with E-state index < -0.39 is 0 Å². The van der Waals surface area contributed by atoms with E-state index in [0.29, 0.717) is 31.3 Å². The molecule has 0 spiro atoms. The predicted octanol–water partition coefficient (Wildman–Crippen LogP) is 2.07. The lowest BCUT2D eigenvalue weighted by Gasteiger charge is -2.19. The minimum atomic E-state index is -0.283. The largest absolute Gasteiger partial charge is 0.486 e. The minimum Gasteiger partial charge on any atom is -0.486 e. The molecular weight excluding hydrogens is 384 g/mol. The molecule has 0 unspecified atom stereocenters. The summed E-state index contributed by atoms with van der Waals surface area (Å²) in [5.41, 5.74) is 0.587. The van der Waals surface area contributed by atoms with E-state index in [0.717, 1.165) is 15.0 Å². The number of ether oxygens (including phenoxy) is 2. The van der Waals surface area contributed by atoms with E-state index in [1.165, 1.54) is 20.7 Å². The maximum absolute atomic E-state index is 12.4. The van der Waals surface area contributed by atoms with Crippen molar-refractivity contribution in [1.82, 2.24) is 19.8 Å². The van der Waals surface area contributed by atoms with Crippen LogP contribution in [-0.4, -0.2) is 33.0 Å². The number of hydrogen-bond acceptors (Lipinski definition) is 6. The molecule has 118 valence electrons. The molecule has 4 rings (SSSR count). The van der Waals surface area contributed by atoms with Crippen molar-refractivity contribution in [2.45, 2.75) is 6.54 Å². The fraction of sp³-hybridized carbons (Fsp3) is 0.214. The zero-order valence-electron chi connectivity index (χ0n) is 11.8. The Kier molecular flexibility index (Phi) is 3.66. The first-order valence-corrected chi connectivity index (χ1v) is 8.54. The Bertz CT molecular complexity index is 903. The maximum atomic E-state index is 12.4. The SMILES string of the molecule is O=c1n(Cc2cc3c(cc2Br)OCCO3)nnn1-c1cccs1. The molecule has 3 heterocycles. The van der Waals surface area contributed by atoms with Gasteiger partial charge in [-0.15, -0.1) is 11.3 Å². The Morgan fingerprint density at radius 1 is 1.22 bits per heavy atom. The van der Waals surface area contributed by atoms with Crippen molar-refractivity contribution in [3.8, 4) is 16.5 Å². The van der Waals surface area contributed by atoms with Gasteiger partial charge in [0.1, 0.15) is 18.2 Å². The van der Waals surface area contributed by atoms with Gasteiger partial charge in [0.25, 0.3) is 0 Å². The molecule has 1 aliphatic heterocycles. The molecule has 1 aliphatic rings. The van der Waals surface area contributed by atoms with Crippen molar-refractivity contribution in [2.24, 2.45) is 0 Å². The lowest BCUT2D eigenvalue weighted by molar-refractivity contribution is 0.171. The Labute approximate surface area is 143 Å². The van der Waals surface area contributed by atoms with Crippen molar-refractivity contribution >= 4 is 27.3 Å². The fourth-order valence-electron chi connectivity index (χ4n) is 2.29. The molecule has 3 aromatic rings. The molecule has 23 heavy (non-hydrogen) atoms. The highest BCUT2D eigenvalue weighted by molar-refractivity contribution is 9.10. The van der Waals surface area contributed by atoms with Gasteiger partial charge in [-0.25, -0.2) is 4.79 Å². The second-order valence-electron chi connectivity index (χ2n) is 4.87. The number of tetrazole rings is 1. The molecule has 7 nitrogen and oxygen atoms in total. The maximum Gasteiger partial charge on any atom is 0.369 e. The number of hydrogen-bond donors (Lipinski definition) is 0. The summed E-state index contributed by atoms with van der Waals surface area (Å²) in [6, 6.07) is 7.39. The number of fused-ring (bicyclic) bond motifs is 1. The van der Waals surface area contributed by atoms with Gasteiger partial charge in [-0.3, -0.25) is 0 Å². The summed E-state index contributed by atoms with van der Waals surface area (Å²) >= 11 is 4.93. The lowest BCUT2D eigenvalue weighted by atomic mass is 10.2. The molecule has 0 fully saturated rings. The van der Waals surface area contributed by atoms with Crippen LogP contribution < -0.4 is 15.2 Å². The Balaban J connectivity index is 1.68. The summed E-state index contributed by atoms with van der Waals surface area (Å²) in [4.78, 5) is 12.4. The number of aromatic nitrogens is 4. The van der Waals surface area contributed by atoms with Crippen LogP contribution in [0, 0.1) is 0 Å². The summed E-state index contributed by atoms with van der Waals surface area (Å²) < 4.78 is 14.5. The number of halogens is 1. The predicted molar refractivity (Wildman–Crippen MR) is 87.7 cm³/mol. The average molecular weight is 395 g/mol. The monoisotopic (exact) mass is 394 g/mol. The molecule has 0 saturated heterocycles. The van der Waals surface area contributed by atoms with Crippen LogP contribution >= 0.6 is 27.3 Å². The van der Waals surface area contributed by atoms with Crippen LogP contribution in [0.5, 0.6) is 11.5 Å². The van der Waals surface area contributed by atoms with Gasteiger partial charge in [-0.2, -0.15) is 9.36 Å². The van der Waals surface area contributed by atoms with E-state index in [1.54, 1.807) is 0 Å². The molecule has 1 aromatic carbocycles. The summed E-state index contributed by atoms with van der Waals surface area (Å²) in [5.74, 6) is 1.37. The van der Waals surface area contributed by atoms with Crippen molar-refractivity contribution in [3.63, 3.8) is 0 Å². The molecule has 0 aliphatic carbocycles. The first-order chi connectivity index (χ1) is 11.2. The van der Waals surface area contributed by atoms with Crippen LogP contribution in [0.1, 0.15) is 5.56 Å². The van der Waals surface area contributed by atoms with E-state index in [-0.39, 0.29) is 5.69 Å². The first-order valence-electron chi connectivity index (χ1n) is 6.87. The smallest absolute Gasteiger partial charge is 0.369 e. The molecule has 0 N–H and O–H groups in total. The Morgan fingerprint density at radius 3 is 2.74 bits per heavy atom. The highest BCUT2D eigenvalue weighted by Crippen LogP contribution is 2.35. The topological polar surface area (TPSA) is 71.2 Å². The fourth-order valence-corrected chi connectivity index (χ4v) is 3.41. The normalized spacial score (nSPS) is 13.3. The number of rotatable bonds is 3. The second-order valence-corrected chi connectivity index (χ2v) is 6.65. The van der Waals surface area contributed by atoms with Crippen LogP contribution in [0.2, 0.25) is 0 Å². The van der Waals surface area contributed by atoms with E-state index >= 15 is 0 Å². The van der Waals surface area contributed by atoms with Gasteiger partial charge in [-0.1, -0.05) is 15.9 Å². The van der Waals surface area contributed by atoms with Crippen molar-refractivity contribution in [1.29, 1.82) is 0 Å². The van der Waals surface area contributed by atoms with Crippen LogP contribution in [-0.2, 0) is 6.54 Å². The first kappa shape index (κ1) is 14.5. The van der Waals surface area contributed by atoms with E-state index in [2.05, 4.69) is 26.4 Å². The molecule has 2 aromatic heterocycles. The molecule has 0 atom stereocenters. The van der Waals surface area contributed by atoms with Gasteiger partial charge in [-0.05, 0) is 45.6 Å². The molecule has 9 heteroatoms. The van der Waals surface area contributed by atoms with Crippen molar-refractivity contribution in [2.75, 3.05) is 13.2 Å². The van der Waals surface area contributed by atoms with Gasteiger partial charge in [0.2, 0.25) is 0 Å². The quantitative estimate of drug-likeness (QED) is 0.679. The highest BCUT2D eigenvalue weighted by Gasteiger charge is 2.17. The molecule has 0 amide bonds. The van der Waals surface area contributed by atoms with Crippen molar-refractivity contribution < 1.29 is 9.47 Å². The molecular formula is C14H11BrN4O3S. The van der Waals surface area contributed by atoms with Crippen molar-refractivity contribution in [3.05, 3.63) is 50.2 Å². The summed E-state index contributed by atoms with van der Waals surface area (Å²) in [5, 5.41) is 10.5. The second kappa shape index (κ2) is 5.82. The number of thiophene rings is 1. The summed E-state index contributed by atoms with van der Waals surface area (Å²) in [6.07, 6.45) is 0. The average Bonchev–Trinajstić information content (AvgIpc) is 3.19.